The molecule has 1 saturated heterocycles. The molecule has 3 aromatic rings. The van der Waals surface area contributed by atoms with Gasteiger partial charge in [-0.2, -0.15) is 5.10 Å². The van der Waals surface area contributed by atoms with Gasteiger partial charge in [0.25, 0.3) is 0 Å². The maximum absolute atomic E-state index is 7.53. The molecule has 0 radical (unpaired) electrons. The Bertz CT molecular complexity index is 898. The van der Waals surface area contributed by atoms with E-state index in [4.69, 9.17) is 14.9 Å². The summed E-state index contributed by atoms with van der Waals surface area (Å²) in [4.78, 5) is 0. The Balaban J connectivity index is 1.67. The molecule has 1 atom stereocenters. The third kappa shape index (κ3) is 2.62. The molecule has 2 N–H and O–H groups in total. The molecule has 0 amide bonds. The average Bonchev–Trinajstić information content (AvgIpc) is 3.19. The second-order valence-corrected chi connectivity index (χ2v) is 5.30. The van der Waals surface area contributed by atoms with Gasteiger partial charge in [-0.15, -0.1) is 0 Å². The number of nitrogens with one attached hydrogen (secondary N) is 2. The monoisotopic (exact) mass is 305 g/mol. The van der Waals surface area contributed by atoms with Crippen LogP contribution in [0.5, 0.6) is 0 Å². The van der Waals surface area contributed by atoms with Gasteiger partial charge in [0, 0.05) is 10.9 Å². The minimum atomic E-state index is -0.515. The van der Waals surface area contributed by atoms with Crippen LogP contribution in [0.15, 0.2) is 48.5 Å². The first-order chi connectivity index (χ1) is 11.3. The summed E-state index contributed by atoms with van der Waals surface area (Å²) < 4.78 is 10.9. The molecule has 114 valence electrons. The van der Waals surface area contributed by atoms with E-state index >= 15 is 0 Å². The molecule has 0 saturated carbocycles. The summed E-state index contributed by atoms with van der Waals surface area (Å²) in [6.45, 7) is 0.215. The number of ether oxygens (including phenoxy) is 2. The molecule has 1 unspecified atom stereocenters. The third-order valence-corrected chi connectivity index (χ3v) is 3.79. The Labute approximate surface area is 133 Å². The number of para-hydroxylation sites is 1. The Morgan fingerprint density at radius 3 is 2.78 bits per heavy atom. The van der Waals surface area contributed by atoms with Crippen molar-refractivity contribution in [2.45, 2.75) is 6.29 Å². The standard InChI is InChI=1S/C18H15N3O2/c19-17-11-22-18(23-17)13-6-2-1-5-12(13)9-10-16-14-7-3-4-8-15(14)20-21-16/h1-10,18-19H,11H2,(H,20,21). The van der Waals surface area contributed by atoms with E-state index in [9.17, 15) is 0 Å². The molecule has 0 spiro atoms. The fourth-order valence-corrected chi connectivity index (χ4v) is 2.66. The van der Waals surface area contributed by atoms with Gasteiger partial charge in [0.2, 0.25) is 12.2 Å². The van der Waals surface area contributed by atoms with Crippen LogP contribution in [-0.4, -0.2) is 22.7 Å². The summed E-state index contributed by atoms with van der Waals surface area (Å²) in [5.74, 6) is 0.159. The Hall–Kier alpha value is -2.92. The lowest BCUT2D eigenvalue weighted by Crippen LogP contribution is -2.01. The van der Waals surface area contributed by atoms with Crippen molar-refractivity contribution in [2.24, 2.45) is 0 Å². The number of aromatic nitrogens is 2. The molecule has 5 nitrogen and oxygen atoms in total. The van der Waals surface area contributed by atoms with Crippen molar-refractivity contribution in [3.8, 4) is 0 Å². The molecule has 1 aromatic heterocycles. The lowest BCUT2D eigenvalue weighted by atomic mass is 10.1. The summed E-state index contributed by atoms with van der Waals surface area (Å²) in [5.41, 5.74) is 3.79. The molecule has 4 rings (SSSR count). The fraction of sp³-hybridized carbons (Fsp3) is 0.111. The van der Waals surface area contributed by atoms with Crippen molar-refractivity contribution in [1.82, 2.24) is 10.2 Å². The predicted octanol–water partition coefficient (Wildman–Crippen LogP) is 3.76. The maximum Gasteiger partial charge on any atom is 0.229 e. The first-order valence-corrected chi connectivity index (χ1v) is 7.37. The van der Waals surface area contributed by atoms with Crippen molar-refractivity contribution < 1.29 is 9.47 Å². The van der Waals surface area contributed by atoms with Gasteiger partial charge < -0.3 is 9.47 Å². The SMILES string of the molecule is N=C1COC(c2ccccc2C=Cc2n[nH]c3ccccc23)O1. The number of hydrogen-bond acceptors (Lipinski definition) is 4. The summed E-state index contributed by atoms with van der Waals surface area (Å²) in [6, 6.07) is 15.9. The summed E-state index contributed by atoms with van der Waals surface area (Å²) in [5, 5.41) is 16.0. The van der Waals surface area contributed by atoms with Crippen LogP contribution in [0.1, 0.15) is 23.1 Å². The van der Waals surface area contributed by atoms with Gasteiger partial charge in [0.15, 0.2) is 0 Å². The van der Waals surface area contributed by atoms with E-state index in [-0.39, 0.29) is 12.5 Å². The van der Waals surface area contributed by atoms with Gasteiger partial charge in [0.05, 0.1) is 11.2 Å². The van der Waals surface area contributed by atoms with Crippen LogP contribution < -0.4 is 0 Å². The number of fused-ring (bicyclic) bond motifs is 1. The first kappa shape index (κ1) is 13.7. The number of rotatable bonds is 3. The van der Waals surface area contributed by atoms with Gasteiger partial charge in [-0.25, -0.2) is 0 Å². The average molecular weight is 305 g/mol. The molecular weight excluding hydrogens is 290 g/mol. The van der Waals surface area contributed by atoms with Crippen LogP contribution in [-0.2, 0) is 9.47 Å². The highest BCUT2D eigenvalue weighted by molar-refractivity contribution is 5.89. The predicted molar refractivity (Wildman–Crippen MR) is 89.0 cm³/mol. The van der Waals surface area contributed by atoms with Crippen LogP contribution >= 0.6 is 0 Å². The molecule has 2 heterocycles. The lowest BCUT2D eigenvalue weighted by Gasteiger charge is -2.12. The highest BCUT2D eigenvalue weighted by Gasteiger charge is 2.24. The highest BCUT2D eigenvalue weighted by Crippen LogP contribution is 2.28. The second-order valence-electron chi connectivity index (χ2n) is 5.30. The molecular formula is C18H15N3O2. The number of nitrogens with zero attached hydrogens (tertiary/aromatic N) is 1. The van der Waals surface area contributed by atoms with Crippen molar-refractivity contribution in [3.63, 3.8) is 0 Å². The lowest BCUT2D eigenvalue weighted by molar-refractivity contribution is -0.0247. The molecule has 23 heavy (non-hydrogen) atoms. The van der Waals surface area contributed by atoms with E-state index in [1.165, 1.54) is 0 Å². The van der Waals surface area contributed by atoms with Crippen molar-refractivity contribution in [1.29, 1.82) is 5.41 Å². The topological polar surface area (TPSA) is 71.0 Å². The van der Waals surface area contributed by atoms with Gasteiger partial charge in [-0.3, -0.25) is 10.5 Å². The Morgan fingerprint density at radius 2 is 1.91 bits per heavy atom. The summed E-state index contributed by atoms with van der Waals surface area (Å²) in [6.07, 6.45) is 3.45. The molecule has 1 fully saturated rings. The van der Waals surface area contributed by atoms with E-state index in [0.717, 1.165) is 27.7 Å². The maximum atomic E-state index is 7.53. The molecule has 5 heteroatoms. The van der Waals surface area contributed by atoms with Gasteiger partial charge in [-0.05, 0) is 17.7 Å². The number of aromatic amines is 1. The summed E-state index contributed by atoms with van der Waals surface area (Å²) in [7, 11) is 0. The molecule has 0 bridgehead atoms. The van der Waals surface area contributed by atoms with Crippen molar-refractivity contribution in [2.75, 3.05) is 6.61 Å². The number of hydrogen-bond donors (Lipinski definition) is 2. The van der Waals surface area contributed by atoms with E-state index < -0.39 is 6.29 Å². The zero-order chi connectivity index (χ0) is 15.6. The largest absolute Gasteiger partial charge is 0.445 e. The highest BCUT2D eigenvalue weighted by atomic mass is 16.7. The van der Waals surface area contributed by atoms with Crippen LogP contribution in [0.4, 0.5) is 0 Å². The Morgan fingerprint density at radius 1 is 1.09 bits per heavy atom. The van der Waals surface area contributed by atoms with Gasteiger partial charge >= 0.3 is 0 Å². The van der Waals surface area contributed by atoms with Crippen LogP contribution in [0, 0.1) is 5.41 Å². The number of H-pyrrole nitrogens is 1. The molecule has 0 aliphatic carbocycles. The van der Waals surface area contributed by atoms with Crippen LogP contribution in [0.25, 0.3) is 23.1 Å². The minimum absolute atomic E-state index is 0.159. The van der Waals surface area contributed by atoms with E-state index in [2.05, 4.69) is 10.2 Å². The van der Waals surface area contributed by atoms with Gasteiger partial charge in [0.1, 0.15) is 6.61 Å². The van der Waals surface area contributed by atoms with E-state index in [0.29, 0.717) is 0 Å². The van der Waals surface area contributed by atoms with Crippen LogP contribution in [0.3, 0.4) is 0 Å². The third-order valence-electron chi connectivity index (χ3n) is 3.79. The zero-order valence-electron chi connectivity index (χ0n) is 12.3. The van der Waals surface area contributed by atoms with Crippen molar-refractivity contribution in [3.05, 3.63) is 65.4 Å². The first-order valence-electron chi connectivity index (χ1n) is 7.37. The molecule has 2 aromatic carbocycles. The zero-order valence-corrected chi connectivity index (χ0v) is 12.3. The smallest absolute Gasteiger partial charge is 0.229 e. The summed E-state index contributed by atoms with van der Waals surface area (Å²) >= 11 is 0. The normalized spacial score (nSPS) is 17.9. The van der Waals surface area contributed by atoms with Crippen LogP contribution in [0.2, 0.25) is 0 Å². The van der Waals surface area contributed by atoms with E-state index in [1.54, 1.807) is 0 Å². The quantitative estimate of drug-likeness (QED) is 0.774. The second kappa shape index (κ2) is 5.70. The number of benzene rings is 2. The molecule has 1 aliphatic heterocycles. The minimum Gasteiger partial charge on any atom is -0.445 e. The van der Waals surface area contributed by atoms with Crippen molar-refractivity contribution >= 4 is 29.0 Å². The van der Waals surface area contributed by atoms with E-state index in [1.807, 2.05) is 60.7 Å². The van der Waals surface area contributed by atoms with Gasteiger partial charge in [-0.1, -0.05) is 48.5 Å². The fourth-order valence-electron chi connectivity index (χ4n) is 2.66. The Kier molecular flexibility index (Phi) is 3.40. The molecule has 1 aliphatic rings.